The lowest BCUT2D eigenvalue weighted by Crippen LogP contribution is -2.12. The van der Waals surface area contributed by atoms with E-state index in [2.05, 4.69) is 41.1 Å². The molecule has 0 spiro atoms. The van der Waals surface area contributed by atoms with E-state index in [1.807, 2.05) is 53.1 Å². The first kappa shape index (κ1) is 20.8. The highest BCUT2D eigenvalue weighted by Gasteiger charge is 2.30. The summed E-state index contributed by atoms with van der Waals surface area (Å²) in [4.78, 5) is 4.29. The number of aromatic nitrogens is 5. The third kappa shape index (κ3) is 3.34. The van der Waals surface area contributed by atoms with Crippen LogP contribution in [0.3, 0.4) is 0 Å². The predicted octanol–water partition coefficient (Wildman–Crippen LogP) is 5.39. The van der Waals surface area contributed by atoms with Gasteiger partial charge in [-0.1, -0.05) is 38.1 Å². The maximum absolute atomic E-state index is 11.3. The smallest absolute Gasteiger partial charge is 0.223 e. The Hall–Kier alpha value is -4.07. The topological polar surface area (TPSA) is 102 Å². The number of H-pyrrole nitrogens is 1. The highest BCUT2D eigenvalue weighted by molar-refractivity contribution is 6.02. The van der Waals surface area contributed by atoms with Crippen molar-refractivity contribution in [2.75, 3.05) is 7.11 Å². The van der Waals surface area contributed by atoms with Gasteiger partial charge >= 0.3 is 0 Å². The van der Waals surface area contributed by atoms with E-state index in [4.69, 9.17) is 9.26 Å². The van der Waals surface area contributed by atoms with Gasteiger partial charge in [-0.25, -0.2) is 0 Å². The minimum Gasteiger partial charge on any atom is -0.496 e. The van der Waals surface area contributed by atoms with E-state index in [-0.39, 0.29) is 11.3 Å². The highest BCUT2D eigenvalue weighted by Crippen LogP contribution is 2.46. The maximum atomic E-state index is 11.3. The van der Waals surface area contributed by atoms with Gasteiger partial charge in [0.25, 0.3) is 0 Å². The van der Waals surface area contributed by atoms with E-state index < -0.39 is 0 Å². The van der Waals surface area contributed by atoms with Crippen molar-refractivity contribution >= 4 is 10.9 Å². The van der Waals surface area contributed by atoms with Crippen molar-refractivity contribution in [1.29, 1.82) is 0 Å². The van der Waals surface area contributed by atoms with Crippen LogP contribution in [0.4, 0.5) is 0 Å². The zero-order valence-electron chi connectivity index (χ0n) is 19.2. The molecule has 8 heteroatoms. The van der Waals surface area contributed by atoms with Crippen LogP contribution in [0, 0.1) is 6.92 Å². The molecule has 3 heterocycles. The zero-order chi connectivity index (χ0) is 23.3. The van der Waals surface area contributed by atoms with Crippen molar-refractivity contribution in [3.63, 3.8) is 0 Å². The molecule has 0 saturated heterocycles. The maximum Gasteiger partial charge on any atom is 0.223 e. The molecule has 2 N–H and O–H groups in total. The van der Waals surface area contributed by atoms with Gasteiger partial charge < -0.3 is 14.4 Å². The normalized spacial score (nSPS) is 11.9. The third-order valence-corrected chi connectivity index (χ3v) is 5.65. The molecule has 0 aliphatic carbocycles. The molecule has 0 bridgehead atoms. The number of hydrogen-bond acceptors (Lipinski definition) is 6. The van der Waals surface area contributed by atoms with E-state index in [0.717, 1.165) is 33.6 Å². The van der Waals surface area contributed by atoms with Crippen LogP contribution in [0.2, 0.25) is 0 Å². The molecule has 5 rings (SSSR count). The molecule has 0 amide bonds. The van der Waals surface area contributed by atoms with E-state index in [0.29, 0.717) is 23.0 Å². The fourth-order valence-corrected chi connectivity index (χ4v) is 4.13. The molecule has 0 aliphatic rings. The van der Waals surface area contributed by atoms with Crippen LogP contribution < -0.4 is 4.74 Å². The lowest BCUT2D eigenvalue weighted by Gasteiger charge is -2.18. The number of nitrogens with zero attached hydrogens (tertiary/aromatic N) is 4. The zero-order valence-corrected chi connectivity index (χ0v) is 19.2. The molecular weight excluding hydrogens is 418 g/mol. The number of fused-ring (bicyclic) bond motifs is 1. The van der Waals surface area contributed by atoms with E-state index in [1.165, 1.54) is 0 Å². The van der Waals surface area contributed by atoms with Crippen LogP contribution in [-0.2, 0) is 5.41 Å². The average molecular weight is 444 g/mol. The molecule has 0 radical (unpaired) electrons. The van der Waals surface area contributed by atoms with Crippen LogP contribution in [0.15, 0.2) is 53.1 Å². The summed E-state index contributed by atoms with van der Waals surface area (Å²) >= 11 is 0. The second-order valence-electron chi connectivity index (χ2n) is 8.96. The second kappa shape index (κ2) is 7.51. The quantitative estimate of drug-likeness (QED) is 0.386. The number of aromatic hydroxyl groups is 1. The Bertz CT molecular complexity index is 1450. The number of hydrogen-bond donors (Lipinski definition) is 2. The Labute approximate surface area is 190 Å². The summed E-state index contributed by atoms with van der Waals surface area (Å²) in [6.45, 7) is 8.06. The van der Waals surface area contributed by atoms with E-state index in [1.54, 1.807) is 14.0 Å². The molecular formula is C25H25N5O3. The summed E-state index contributed by atoms with van der Waals surface area (Å²) in [6.07, 6.45) is 0. The number of benzene rings is 2. The van der Waals surface area contributed by atoms with Crippen molar-refractivity contribution in [2.45, 2.75) is 33.1 Å². The molecule has 8 nitrogen and oxygen atoms in total. The minimum absolute atomic E-state index is 0.0806. The van der Waals surface area contributed by atoms with Crippen LogP contribution in [0.1, 0.15) is 32.4 Å². The number of methoxy groups -OCH3 is 1. The van der Waals surface area contributed by atoms with Gasteiger partial charge in [-0.2, -0.15) is 10.1 Å². The van der Waals surface area contributed by atoms with E-state index in [9.17, 15) is 5.11 Å². The van der Waals surface area contributed by atoms with Crippen LogP contribution in [0.25, 0.3) is 39.2 Å². The molecule has 0 fully saturated rings. The first-order chi connectivity index (χ1) is 15.8. The van der Waals surface area contributed by atoms with Gasteiger partial charge in [0.1, 0.15) is 11.3 Å². The highest BCUT2D eigenvalue weighted by atomic mass is 16.5. The summed E-state index contributed by atoms with van der Waals surface area (Å²) < 4.78 is 12.6. The van der Waals surface area contributed by atoms with Crippen LogP contribution >= 0.6 is 0 Å². The van der Waals surface area contributed by atoms with Crippen molar-refractivity contribution in [3.05, 3.63) is 60.1 Å². The van der Waals surface area contributed by atoms with Crippen molar-refractivity contribution in [2.24, 2.45) is 0 Å². The van der Waals surface area contributed by atoms with Gasteiger partial charge in [0.05, 0.1) is 23.9 Å². The predicted molar refractivity (Wildman–Crippen MR) is 126 cm³/mol. The van der Waals surface area contributed by atoms with Crippen molar-refractivity contribution in [1.82, 2.24) is 24.9 Å². The SMILES string of the molecule is COc1ccccc1-c1c2c(C(C)(C)C)n[nH]c2c(O)n1-c1ccc(-c2noc(C)n2)cc1. The number of rotatable bonds is 4. The van der Waals surface area contributed by atoms with Gasteiger partial charge in [-0.05, 0) is 36.4 Å². The Balaban J connectivity index is 1.79. The molecule has 0 saturated carbocycles. The number of nitrogens with one attached hydrogen (secondary N) is 1. The first-order valence-corrected chi connectivity index (χ1v) is 10.7. The summed E-state index contributed by atoms with van der Waals surface area (Å²) in [5, 5.41) is 23.8. The van der Waals surface area contributed by atoms with Gasteiger partial charge in [0.2, 0.25) is 17.6 Å². The average Bonchev–Trinajstić information content (AvgIpc) is 3.49. The van der Waals surface area contributed by atoms with Gasteiger partial charge in [0, 0.05) is 29.2 Å². The molecule has 0 atom stereocenters. The number of ether oxygens (including phenoxy) is 1. The fraction of sp³-hybridized carbons (Fsp3) is 0.240. The molecule has 0 aliphatic heterocycles. The third-order valence-electron chi connectivity index (χ3n) is 5.65. The van der Waals surface area contributed by atoms with Gasteiger partial charge in [-0.3, -0.25) is 9.67 Å². The molecule has 33 heavy (non-hydrogen) atoms. The first-order valence-electron chi connectivity index (χ1n) is 10.7. The number of para-hydroxylation sites is 1. The number of aryl methyl sites for hydroxylation is 1. The summed E-state index contributed by atoms with van der Waals surface area (Å²) in [7, 11) is 1.64. The molecule has 0 unspecified atom stereocenters. The summed E-state index contributed by atoms with van der Waals surface area (Å²) in [5.74, 6) is 1.81. The Morgan fingerprint density at radius 3 is 2.42 bits per heavy atom. The lowest BCUT2D eigenvalue weighted by molar-refractivity contribution is 0.394. The van der Waals surface area contributed by atoms with Crippen LogP contribution in [-0.4, -0.2) is 37.1 Å². The monoisotopic (exact) mass is 443 g/mol. The molecule has 2 aromatic carbocycles. The lowest BCUT2D eigenvalue weighted by atomic mass is 9.89. The van der Waals surface area contributed by atoms with Crippen molar-refractivity contribution < 1.29 is 14.4 Å². The second-order valence-corrected chi connectivity index (χ2v) is 8.96. The molecule has 168 valence electrons. The van der Waals surface area contributed by atoms with Gasteiger partial charge in [-0.15, -0.1) is 0 Å². The Morgan fingerprint density at radius 1 is 1.06 bits per heavy atom. The summed E-state index contributed by atoms with van der Waals surface area (Å²) in [6, 6.07) is 15.4. The van der Waals surface area contributed by atoms with E-state index >= 15 is 0 Å². The van der Waals surface area contributed by atoms with Crippen molar-refractivity contribution in [3.8, 4) is 40.0 Å². The Morgan fingerprint density at radius 2 is 1.79 bits per heavy atom. The largest absolute Gasteiger partial charge is 0.496 e. The Kier molecular flexibility index (Phi) is 4.74. The fourth-order valence-electron chi connectivity index (χ4n) is 4.13. The molecule has 3 aromatic heterocycles. The number of aromatic amines is 1. The molecule has 5 aromatic rings. The minimum atomic E-state index is -0.242. The summed E-state index contributed by atoms with van der Waals surface area (Å²) in [5.41, 5.74) is 4.47. The van der Waals surface area contributed by atoms with Crippen LogP contribution in [0.5, 0.6) is 11.6 Å². The standard InChI is InChI=1S/C25H25N5O3/c1-14-26-23(29-33-14)15-10-12-16(13-11-15)30-21(17-8-6-7-9-18(17)32-5)19-20(24(30)31)27-28-22(19)25(2,3)4/h6-13,27,31H,1-5H3. The van der Waals surface area contributed by atoms with Gasteiger partial charge in [0.15, 0.2) is 0 Å².